The molecule has 1 aromatic rings. The van der Waals surface area contributed by atoms with Crippen LogP contribution in [0.1, 0.15) is 35.7 Å². The number of amides is 1. The molecule has 0 fully saturated rings. The highest BCUT2D eigenvalue weighted by Crippen LogP contribution is 2.35. The molecule has 112 valence electrons. The van der Waals surface area contributed by atoms with E-state index in [4.69, 9.17) is 0 Å². The average molecular weight is 354 g/mol. The molecule has 0 bridgehead atoms. The highest BCUT2D eigenvalue weighted by Gasteiger charge is 2.33. The van der Waals surface area contributed by atoms with Gasteiger partial charge in [-0.15, -0.1) is 0 Å². The van der Waals surface area contributed by atoms with Crippen LogP contribution in [0, 0.1) is 0 Å². The van der Waals surface area contributed by atoms with Gasteiger partial charge in [-0.3, -0.25) is 4.79 Å². The standard InChI is InChI=1S/C13H15BrF3NO2/c1-2-9(19)5-6-18-12(20)8-3-4-11(14)10(7-8)13(15,16)17/h3-4,7,9,19H,2,5-6H2,1H3,(H,18,20). The zero-order valence-electron chi connectivity index (χ0n) is 10.8. The van der Waals surface area contributed by atoms with Crippen molar-refractivity contribution in [2.45, 2.75) is 32.0 Å². The van der Waals surface area contributed by atoms with Crippen molar-refractivity contribution in [3.05, 3.63) is 33.8 Å². The molecule has 0 aliphatic rings. The summed E-state index contributed by atoms with van der Waals surface area (Å²) in [6.07, 6.45) is -4.11. The second-order valence-electron chi connectivity index (χ2n) is 4.30. The van der Waals surface area contributed by atoms with Crippen LogP contribution >= 0.6 is 15.9 Å². The summed E-state index contributed by atoms with van der Waals surface area (Å²) in [6.45, 7) is 2.02. The van der Waals surface area contributed by atoms with Crippen molar-refractivity contribution in [1.82, 2.24) is 5.32 Å². The fourth-order valence-corrected chi connectivity index (χ4v) is 2.01. The molecule has 0 spiro atoms. The van der Waals surface area contributed by atoms with Crippen LogP contribution in [-0.2, 0) is 6.18 Å². The Morgan fingerprint density at radius 3 is 2.65 bits per heavy atom. The number of halogens is 4. The van der Waals surface area contributed by atoms with Crippen LogP contribution in [-0.4, -0.2) is 23.7 Å². The Hall–Kier alpha value is -1.08. The van der Waals surface area contributed by atoms with Crippen LogP contribution in [0.4, 0.5) is 13.2 Å². The number of rotatable bonds is 5. The molecule has 3 nitrogen and oxygen atoms in total. The lowest BCUT2D eigenvalue weighted by atomic mass is 10.1. The Balaban J connectivity index is 2.74. The molecule has 1 rings (SSSR count). The van der Waals surface area contributed by atoms with Gasteiger partial charge in [-0.05, 0) is 31.0 Å². The molecule has 0 heterocycles. The lowest BCUT2D eigenvalue weighted by Gasteiger charge is -2.12. The molecule has 0 radical (unpaired) electrons. The highest BCUT2D eigenvalue weighted by molar-refractivity contribution is 9.10. The van der Waals surface area contributed by atoms with E-state index >= 15 is 0 Å². The molecule has 7 heteroatoms. The number of benzene rings is 1. The molecule has 1 unspecified atom stereocenters. The summed E-state index contributed by atoms with van der Waals surface area (Å²) < 4.78 is 38.0. The van der Waals surface area contributed by atoms with Crippen LogP contribution in [0.25, 0.3) is 0 Å². The quantitative estimate of drug-likeness (QED) is 0.852. The largest absolute Gasteiger partial charge is 0.417 e. The SMILES string of the molecule is CCC(O)CCNC(=O)c1ccc(Br)c(C(F)(F)F)c1. The maximum atomic E-state index is 12.7. The van der Waals surface area contributed by atoms with Gasteiger partial charge >= 0.3 is 6.18 Å². The van der Waals surface area contributed by atoms with Crippen molar-refractivity contribution in [2.75, 3.05) is 6.54 Å². The van der Waals surface area contributed by atoms with E-state index < -0.39 is 23.8 Å². The molecular formula is C13H15BrF3NO2. The molecule has 0 saturated carbocycles. The van der Waals surface area contributed by atoms with E-state index in [1.165, 1.54) is 12.1 Å². The van der Waals surface area contributed by atoms with Crippen molar-refractivity contribution in [3.8, 4) is 0 Å². The fourth-order valence-electron chi connectivity index (χ4n) is 1.54. The Labute approximate surface area is 123 Å². The Morgan fingerprint density at radius 2 is 2.10 bits per heavy atom. The first kappa shape index (κ1) is 17.0. The van der Waals surface area contributed by atoms with Crippen molar-refractivity contribution in [1.29, 1.82) is 0 Å². The predicted molar refractivity (Wildman–Crippen MR) is 72.4 cm³/mol. The summed E-state index contributed by atoms with van der Waals surface area (Å²) in [5, 5.41) is 11.8. The molecule has 20 heavy (non-hydrogen) atoms. The summed E-state index contributed by atoms with van der Waals surface area (Å²) in [5.74, 6) is -0.591. The minimum atomic E-state index is -4.52. The molecule has 0 saturated heterocycles. The summed E-state index contributed by atoms with van der Waals surface area (Å²) in [6, 6.07) is 3.30. The maximum Gasteiger partial charge on any atom is 0.417 e. The van der Waals surface area contributed by atoms with Crippen LogP contribution in [0.5, 0.6) is 0 Å². The van der Waals surface area contributed by atoms with E-state index in [0.717, 1.165) is 6.07 Å². The number of carbonyl (C=O) groups is 1. The number of alkyl halides is 3. The first-order valence-electron chi connectivity index (χ1n) is 6.08. The molecule has 1 atom stereocenters. The minimum absolute atomic E-state index is 0.0634. The third-order valence-electron chi connectivity index (χ3n) is 2.77. The highest BCUT2D eigenvalue weighted by atomic mass is 79.9. The predicted octanol–water partition coefficient (Wildman–Crippen LogP) is 3.36. The van der Waals surface area contributed by atoms with Gasteiger partial charge in [-0.2, -0.15) is 13.2 Å². The number of aliphatic hydroxyl groups excluding tert-OH is 1. The van der Waals surface area contributed by atoms with Gasteiger partial charge in [0.1, 0.15) is 0 Å². The molecule has 1 aromatic carbocycles. The maximum absolute atomic E-state index is 12.7. The average Bonchev–Trinajstić information content (AvgIpc) is 2.37. The summed E-state index contributed by atoms with van der Waals surface area (Å²) in [5.41, 5.74) is -0.953. The van der Waals surface area contributed by atoms with Crippen molar-refractivity contribution >= 4 is 21.8 Å². The first-order chi connectivity index (χ1) is 9.25. The van der Waals surface area contributed by atoms with Crippen LogP contribution in [0.2, 0.25) is 0 Å². The van der Waals surface area contributed by atoms with E-state index in [2.05, 4.69) is 21.2 Å². The van der Waals surface area contributed by atoms with E-state index in [-0.39, 0.29) is 16.6 Å². The topological polar surface area (TPSA) is 49.3 Å². The third-order valence-corrected chi connectivity index (χ3v) is 3.46. The summed E-state index contributed by atoms with van der Waals surface area (Å²) in [7, 11) is 0. The van der Waals surface area contributed by atoms with E-state index in [9.17, 15) is 23.1 Å². The van der Waals surface area contributed by atoms with E-state index in [1.54, 1.807) is 6.92 Å². The first-order valence-corrected chi connectivity index (χ1v) is 6.88. The molecule has 0 aliphatic carbocycles. The number of carbonyl (C=O) groups excluding carboxylic acids is 1. The Kier molecular flexibility index (Phi) is 6.01. The van der Waals surface area contributed by atoms with E-state index in [1.807, 2.05) is 0 Å². The van der Waals surface area contributed by atoms with Gasteiger partial charge in [0.15, 0.2) is 0 Å². The lowest BCUT2D eigenvalue weighted by molar-refractivity contribution is -0.138. The molecule has 0 aliphatic heterocycles. The number of aliphatic hydroxyl groups is 1. The van der Waals surface area contributed by atoms with Gasteiger partial charge in [0, 0.05) is 16.6 Å². The van der Waals surface area contributed by atoms with Crippen LogP contribution in [0.15, 0.2) is 22.7 Å². The van der Waals surface area contributed by atoms with Crippen LogP contribution in [0.3, 0.4) is 0 Å². The second kappa shape index (κ2) is 7.08. The number of nitrogens with one attached hydrogen (secondary N) is 1. The molecule has 2 N–H and O–H groups in total. The van der Waals surface area contributed by atoms with Crippen molar-refractivity contribution in [3.63, 3.8) is 0 Å². The smallest absolute Gasteiger partial charge is 0.393 e. The van der Waals surface area contributed by atoms with Crippen LogP contribution < -0.4 is 5.32 Å². The van der Waals surface area contributed by atoms with Crippen molar-refractivity contribution < 1.29 is 23.1 Å². The zero-order chi connectivity index (χ0) is 15.3. The number of hydrogen-bond acceptors (Lipinski definition) is 2. The van der Waals surface area contributed by atoms with Gasteiger partial charge in [0.2, 0.25) is 0 Å². The lowest BCUT2D eigenvalue weighted by Crippen LogP contribution is -2.27. The zero-order valence-corrected chi connectivity index (χ0v) is 12.4. The van der Waals surface area contributed by atoms with E-state index in [0.29, 0.717) is 12.8 Å². The number of hydrogen-bond donors (Lipinski definition) is 2. The normalized spacial score (nSPS) is 13.1. The fraction of sp³-hybridized carbons (Fsp3) is 0.462. The van der Waals surface area contributed by atoms with Gasteiger partial charge in [-0.1, -0.05) is 22.9 Å². The van der Waals surface area contributed by atoms with Gasteiger partial charge in [0.25, 0.3) is 5.91 Å². The second-order valence-corrected chi connectivity index (χ2v) is 5.15. The molecule has 0 aromatic heterocycles. The monoisotopic (exact) mass is 353 g/mol. The minimum Gasteiger partial charge on any atom is -0.393 e. The molecule has 1 amide bonds. The molecular weight excluding hydrogens is 339 g/mol. The van der Waals surface area contributed by atoms with Crippen molar-refractivity contribution in [2.24, 2.45) is 0 Å². The van der Waals surface area contributed by atoms with Gasteiger partial charge in [0.05, 0.1) is 11.7 Å². The van der Waals surface area contributed by atoms with Gasteiger partial charge in [-0.25, -0.2) is 0 Å². The van der Waals surface area contributed by atoms with Gasteiger partial charge < -0.3 is 10.4 Å². The summed E-state index contributed by atoms with van der Waals surface area (Å²) >= 11 is 2.81. The third kappa shape index (κ3) is 4.79. The summed E-state index contributed by atoms with van der Waals surface area (Å²) in [4.78, 5) is 11.7. The Bertz CT molecular complexity index is 477. The Morgan fingerprint density at radius 1 is 1.45 bits per heavy atom.